The number of amides is 5. The van der Waals surface area contributed by atoms with Gasteiger partial charge in [0.25, 0.3) is 0 Å². The van der Waals surface area contributed by atoms with E-state index < -0.39 is 76.7 Å². The molecule has 1 fully saturated rings. The normalized spacial score (nSPS) is 22.8. The van der Waals surface area contributed by atoms with E-state index >= 15 is 0 Å². The molecule has 3 heterocycles. The molecular formula is C42H62N8O7S. The Kier molecular flexibility index (Phi) is 15.2. The number of fused-ring (bicyclic) bond motifs is 1. The molecule has 2 unspecified atom stereocenters. The molecule has 1 aromatic carbocycles. The first kappa shape index (κ1) is 45.8. The summed E-state index contributed by atoms with van der Waals surface area (Å²) in [6.07, 6.45) is 2.04. The number of aliphatic imine (C=N–C) groups is 1. The molecule has 4 rings (SSSR count). The summed E-state index contributed by atoms with van der Waals surface area (Å²) < 4.78 is 4.91. The second-order valence-corrected chi connectivity index (χ2v) is 18.8. The van der Waals surface area contributed by atoms with E-state index in [-0.39, 0.29) is 42.5 Å². The Hall–Kier alpha value is -4.86. The maximum absolute atomic E-state index is 14.8. The molecule has 2 aliphatic heterocycles. The zero-order chi connectivity index (χ0) is 43.1. The summed E-state index contributed by atoms with van der Waals surface area (Å²) in [5, 5.41) is 17.6. The lowest BCUT2D eigenvalue weighted by Crippen LogP contribution is -2.65. The fraction of sp³-hybridized carbons (Fsp3) is 0.619. The maximum Gasteiger partial charge on any atom is 0.308 e. The smallest absolute Gasteiger partial charge is 0.308 e. The largest absolute Gasteiger partial charge is 0.469 e. The fourth-order valence-electron chi connectivity index (χ4n) is 7.34. The van der Waals surface area contributed by atoms with Crippen LogP contribution in [0.3, 0.4) is 0 Å². The number of carbonyl (C=O) groups is 6. The highest BCUT2D eigenvalue weighted by Gasteiger charge is 2.44. The molecule has 2 aliphatic rings. The van der Waals surface area contributed by atoms with Gasteiger partial charge < -0.3 is 36.2 Å². The Morgan fingerprint density at radius 2 is 1.64 bits per heavy atom. The molecular weight excluding hydrogens is 761 g/mol. The van der Waals surface area contributed by atoms with Gasteiger partial charge in [0.1, 0.15) is 41.6 Å². The lowest BCUT2D eigenvalue weighted by atomic mass is 9.82. The van der Waals surface area contributed by atoms with Gasteiger partial charge in [-0.05, 0) is 34.7 Å². The minimum atomic E-state index is -1.12. The van der Waals surface area contributed by atoms with Crippen molar-refractivity contribution in [1.29, 1.82) is 0 Å². The van der Waals surface area contributed by atoms with Crippen molar-refractivity contribution in [2.24, 2.45) is 27.7 Å². The quantitative estimate of drug-likeness (QED) is 0.211. The maximum atomic E-state index is 14.8. The third-order valence-electron chi connectivity index (χ3n) is 10.8. The van der Waals surface area contributed by atoms with E-state index in [9.17, 15) is 28.8 Å². The van der Waals surface area contributed by atoms with Crippen LogP contribution in [-0.2, 0) is 33.5 Å². The first-order valence-corrected chi connectivity index (χ1v) is 20.8. The van der Waals surface area contributed by atoms with Crippen molar-refractivity contribution in [2.45, 2.75) is 124 Å². The van der Waals surface area contributed by atoms with E-state index in [1.165, 1.54) is 23.3 Å². The lowest BCUT2D eigenvalue weighted by molar-refractivity contribution is -0.141. The van der Waals surface area contributed by atoms with E-state index in [0.29, 0.717) is 18.0 Å². The molecule has 318 valence electrons. The van der Waals surface area contributed by atoms with Crippen molar-refractivity contribution in [1.82, 2.24) is 36.5 Å². The molecule has 0 saturated carbocycles. The van der Waals surface area contributed by atoms with Crippen molar-refractivity contribution >= 4 is 52.7 Å². The second-order valence-electron chi connectivity index (χ2n) is 17.9. The van der Waals surface area contributed by atoms with Crippen molar-refractivity contribution in [3.05, 3.63) is 52.5 Å². The topological polar surface area (TPSA) is 200 Å². The highest BCUT2D eigenvalue weighted by Crippen LogP contribution is 2.29. The van der Waals surface area contributed by atoms with Gasteiger partial charge >= 0.3 is 5.97 Å². The first-order valence-electron chi connectivity index (χ1n) is 20.0. The number of hydrogen-bond acceptors (Lipinski definition) is 11. The molecule has 8 atom stereocenters. The molecule has 5 amide bonds. The van der Waals surface area contributed by atoms with Gasteiger partial charge in [-0.2, -0.15) is 0 Å². The molecule has 0 bridgehead atoms. The number of ether oxygens (including phenoxy) is 1. The lowest BCUT2D eigenvalue weighted by Gasteiger charge is -2.39. The van der Waals surface area contributed by atoms with E-state index in [0.717, 1.165) is 5.56 Å². The van der Waals surface area contributed by atoms with Crippen molar-refractivity contribution < 1.29 is 33.5 Å². The number of hydrogen-bond donors (Lipinski definition) is 5. The van der Waals surface area contributed by atoms with Gasteiger partial charge in [0.15, 0.2) is 0 Å². The molecule has 5 N–H and O–H groups in total. The van der Waals surface area contributed by atoms with Gasteiger partial charge in [-0.15, -0.1) is 11.3 Å². The average molecular weight is 823 g/mol. The molecule has 0 aliphatic carbocycles. The standard InChI is InChI=1S/C42H62N8O7S/c1-23(2)30-36(53)49-33(41(5,6)7)35(44-22-28(51)50-19-17-24(3)32(50)38(55)46-30)48-34(42(8,9)10)39(56)47-31(25(4)26-15-13-12-14-16-26)37(54)45-27(21-29(52)57-11)40-43-18-20-58-40/h12-16,18,20,23-25,27,30-34H,17,19,21-22H2,1-11H3,(H,44,48)(H,45,54)(H,46,55)(H,47,56)(H,49,53)/t24-,25+,27-,30?,31+,32+,33?,34-/m1/s1. The van der Waals surface area contributed by atoms with Gasteiger partial charge in [-0.3, -0.25) is 33.8 Å². The van der Waals surface area contributed by atoms with Crippen LogP contribution < -0.4 is 26.6 Å². The number of nitrogens with one attached hydrogen (secondary N) is 5. The van der Waals surface area contributed by atoms with Crippen LogP contribution in [0, 0.1) is 22.7 Å². The Balaban J connectivity index is 1.76. The van der Waals surface area contributed by atoms with Crippen LogP contribution in [0.25, 0.3) is 0 Å². The molecule has 58 heavy (non-hydrogen) atoms. The minimum Gasteiger partial charge on any atom is -0.469 e. The monoisotopic (exact) mass is 822 g/mol. The van der Waals surface area contributed by atoms with Crippen LogP contribution in [0.1, 0.15) is 105 Å². The van der Waals surface area contributed by atoms with Gasteiger partial charge in [-0.1, -0.05) is 99.6 Å². The van der Waals surface area contributed by atoms with Crippen LogP contribution in [0.4, 0.5) is 0 Å². The number of thiazole rings is 1. The Morgan fingerprint density at radius 3 is 2.21 bits per heavy atom. The number of methoxy groups -OCH3 is 1. The van der Waals surface area contributed by atoms with Crippen molar-refractivity contribution in [3.63, 3.8) is 0 Å². The Labute approximate surface area is 346 Å². The number of carbonyl (C=O) groups excluding carboxylic acids is 6. The van der Waals surface area contributed by atoms with E-state index in [1.807, 2.05) is 99.6 Å². The van der Waals surface area contributed by atoms with E-state index in [2.05, 4.69) is 31.6 Å². The van der Waals surface area contributed by atoms with Crippen molar-refractivity contribution in [2.75, 3.05) is 20.2 Å². The van der Waals surface area contributed by atoms with Gasteiger partial charge in [0.05, 0.1) is 25.6 Å². The fourth-order valence-corrected chi connectivity index (χ4v) is 8.03. The van der Waals surface area contributed by atoms with Crippen LogP contribution in [0.2, 0.25) is 0 Å². The van der Waals surface area contributed by atoms with Gasteiger partial charge in [0, 0.05) is 24.0 Å². The van der Waals surface area contributed by atoms with Crippen LogP contribution in [-0.4, -0.2) is 102 Å². The highest BCUT2D eigenvalue weighted by atomic mass is 32.1. The molecule has 15 nitrogen and oxygen atoms in total. The summed E-state index contributed by atoms with van der Waals surface area (Å²) in [6, 6.07) is 3.83. The zero-order valence-electron chi connectivity index (χ0n) is 35.7. The summed E-state index contributed by atoms with van der Waals surface area (Å²) in [7, 11) is 1.27. The summed E-state index contributed by atoms with van der Waals surface area (Å²) in [6.45, 7) is 18.8. The number of aromatic nitrogens is 1. The second kappa shape index (κ2) is 19.3. The van der Waals surface area contributed by atoms with Crippen LogP contribution in [0.5, 0.6) is 0 Å². The highest BCUT2D eigenvalue weighted by molar-refractivity contribution is 7.09. The Bertz CT molecular complexity index is 1800. The molecule has 1 saturated heterocycles. The van der Waals surface area contributed by atoms with Crippen molar-refractivity contribution in [3.8, 4) is 0 Å². The SMILES string of the molecule is COC(=O)C[C@@H](NC(=O)[C@@H](NC(=O)[C@@H](NC1=NCC(=O)N2CC[C@@H](C)[C@H]2C(=O)NC(C(C)C)C(=O)NC1C(C)(C)C)C(C)(C)C)[C@@H](C)c1ccccc1)c1nccs1. The zero-order valence-corrected chi connectivity index (χ0v) is 36.5. The van der Waals surface area contributed by atoms with Gasteiger partial charge in [0.2, 0.25) is 29.5 Å². The summed E-state index contributed by atoms with van der Waals surface area (Å²) in [4.78, 5) is 93.8. The number of amidine groups is 1. The summed E-state index contributed by atoms with van der Waals surface area (Å²) >= 11 is 1.28. The Morgan fingerprint density at radius 1 is 0.966 bits per heavy atom. The van der Waals surface area contributed by atoms with E-state index in [1.54, 1.807) is 11.6 Å². The third kappa shape index (κ3) is 11.4. The summed E-state index contributed by atoms with van der Waals surface area (Å²) in [5.41, 5.74) is -0.707. The van der Waals surface area contributed by atoms with Gasteiger partial charge in [-0.25, -0.2) is 4.98 Å². The number of nitrogens with zero attached hydrogens (tertiary/aromatic N) is 3. The van der Waals surface area contributed by atoms with E-state index in [4.69, 9.17) is 9.73 Å². The summed E-state index contributed by atoms with van der Waals surface area (Å²) in [5.74, 6) is -3.49. The first-order chi connectivity index (χ1) is 27.1. The average Bonchev–Trinajstić information content (AvgIpc) is 3.83. The molecule has 0 spiro atoms. The predicted octanol–water partition coefficient (Wildman–Crippen LogP) is 3.48. The molecule has 1 aromatic heterocycles. The van der Waals surface area contributed by atoms with Crippen LogP contribution >= 0.6 is 11.3 Å². The number of esters is 1. The number of rotatable bonds is 11. The third-order valence-corrected chi connectivity index (χ3v) is 11.7. The minimum absolute atomic E-state index is 0.124. The molecule has 2 aromatic rings. The molecule has 0 radical (unpaired) electrons. The predicted molar refractivity (Wildman–Crippen MR) is 223 cm³/mol. The van der Waals surface area contributed by atoms with Crippen LogP contribution in [0.15, 0.2) is 46.9 Å². The number of benzene rings is 1. The molecule has 16 heteroatoms.